The van der Waals surface area contributed by atoms with Crippen LogP contribution in [0.1, 0.15) is 0 Å². The fourth-order valence-corrected chi connectivity index (χ4v) is 2.26. The molecular weight excluding hydrogens is 254 g/mol. The third-order valence-corrected chi connectivity index (χ3v) is 3.21. The van der Waals surface area contributed by atoms with Gasteiger partial charge in [0, 0.05) is 20.1 Å². The van der Waals surface area contributed by atoms with E-state index in [1.54, 1.807) is 32.3 Å². The van der Waals surface area contributed by atoms with Crippen LogP contribution in [0.15, 0.2) is 27.8 Å². The number of para-hydroxylation sites is 1. The van der Waals surface area contributed by atoms with E-state index in [2.05, 4.69) is 5.32 Å². The van der Waals surface area contributed by atoms with Crippen LogP contribution in [0, 0.1) is 0 Å². The van der Waals surface area contributed by atoms with Gasteiger partial charge < -0.3 is 5.32 Å². The number of fused-ring (bicyclic) bond motifs is 1. The Hall–Kier alpha value is -1.59. The minimum absolute atomic E-state index is 0.300. The Kier molecular flexibility index (Phi) is 3.54. The Morgan fingerprint density at radius 1 is 1.33 bits per heavy atom. The van der Waals surface area contributed by atoms with E-state index in [1.165, 1.54) is 9.13 Å². The van der Waals surface area contributed by atoms with Gasteiger partial charge in [-0.3, -0.25) is 13.9 Å². The van der Waals surface area contributed by atoms with Crippen molar-refractivity contribution < 1.29 is 0 Å². The third-order valence-electron chi connectivity index (χ3n) is 2.90. The van der Waals surface area contributed by atoms with Gasteiger partial charge >= 0.3 is 5.69 Å². The number of halogens is 1. The molecule has 0 saturated heterocycles. The average Bonchev–Trinajstić information content (AvgIpc) is 2.36. The average molecular weight is 268 g/mol. The Balaban J connectivity index is 2.84. The fraction of sp³-hybridized carbons (Fsp3) is 0.333. The van der Waals surface area contributed by atoms with Gasteiger partial charge in [-0.15, -0.1) is 0 Å². The van der Waals surface area contributed by atoms with Crippen LogP contribution in [-0.2, 0) is 13.6 Å². The topological polar surface area (TPSA) is 56.0 Å². The highest BCUT2D eigenvalue weighted by Crippen LogP contribution is 2.18. The molecule has 5 nitrogen and oxygen atoms in total. The van der Waals surface area contributed by atoms with Crippen LogP contribution in [-0.4, -0.2) is 22.7 Å². The van der Waals surface area contributed by atoms with Crippen LogP contribution in [0.5, 0.6) is 0 Å². The molecule has 0 fully saturated rings. The van der Waals surface area contributed by atoms with Crippen molar-refractivity contribution in [1.82, 2.24) is 14.5 Å². The molecule has 6 heteroatoms. The van der Waals surface area contributed by atoms with Gasteiger partial charge in [0.2, 0.25) is 0 Å². The molecule has 1 N–H and O–H groups in total. The first-order valence-electron chi connectivity index (χ1n) is 5.60. The first kappa shape index (κ1) is 12.9. The van der Waals surface area contributed by atoms with E-state index in [9.17, 15) is 9.59 Å². The van der Waals surface area contributed by atoms with Gasteiger partial charge in [-0.1, -0.05) is 17.7 Å². The highest BCUT2D eigenvalue weighted by molar-refractivity contribution is 6.35. The second kappa shape index (κ2) is 4.96. The molecule has 2 rings (SSSR count). The summed E-state index contributed by atoms with van der Waals surface area (Å²) in [5, 5.41) is 3.78. The summed E-state index contributed by atoms with van der Waals surface area (Å²) in [6.45, 7) is 0.895. The van der Waals surface area contributed by atoms with E-state index < -0.39 is 0 Å². The van der Waals surface area contributed by atoms with Crippen LogP contribution >= 0.6 is 11.6 Å². The number of hydrogen-bond acceptors (Lipinski definition) is 3. The Bertz CT molecular complexity index is 703. The van der Waals surface area contributed by atoms with Crippen molar-refractivity contribution in [2.45, 2.75) is 6.54 Å². The fourth-order valence-electron chi connectivity index (χ4n) is 1.96. The normalized spacial score (nSPS) is 11.1. The number of aryl methyl sites for hydroxylation is 1. The maximum atomic E-state index is 12.2. The van der Waals surface area contributed by atoms with E-state index in [0.29, 0.717) is 29.0 Å². The van der Waals surface area contributed by atoms with Gasteiger partial charge in [0.15, 0.2) is 0 Å². The van der Waals surface area contributed by atoms with E-state index in [0.717, 1.165) is 0 Å². The lowest BCUT2D eigenvalue weighted by Gasteiger charge is -2.11. The van der Waals surface area contributed by atoms with Crippen molar-refractivity contribution in [3.8, 4) is 0 Å². The molecule has 0 unspecified atom stereocenters. The lowest BCUT2D eigenvalue weighted by atomic mass is 10.2. The third kappa shape index (κ3) is 1.95. The zero-order valence-corrected chi connectivity index (χ0v) is 11.0. The molecule has 0 aliphatic heterocycles. The predicted octanol–water partition coefficient (Wildman–Crippen LogP) is 0.573. The first-order valence-corrected chi connectivity index (χ1v) is 5.98. The molecule has 0 aliphatic rings. The zero-order chi connectivity index (χ0) is 13.3. The van der Waals surface area contributed by atoms with Crippen molar-refractivity contribution in [3.63, 3.8) is 0 Å². The molecule has 0 amide bonds. The maximum absolute atomic E-state index is 12.2. The minimum atomic E-state index is -0.351. The highest BCUT2D eigenvalue weighted by atomic mass is 35.5. The van der Waals surface area contributed by atoms with E-state index in [4.69, 9.17) is 11.6 Å². The van der Waals surface area contributed by atoms with Gasteiger partial charge in [-0.2, -0.15) is 0 Å². The number of benzene rings is 1. The maximum Gasteiger partial charge on any atom is 0.331 e. The summed E-state index contributed by atoms with van der Waals surface area (Å²) in [4.78, 5) is 24.3. The Morgan fingerprint density at radius 3 is 2.72 bits per heavy atom. The smallest absolute Gasteiger partial charge is 0.318 e. The van der Waals surface area contributed by atoms with Crippen molar-refractivity contribution in [1.29, 1.82) is 0 Å². The molecule has 1 aromatic carbocycles. The Labute approximate surface area is 109 Å². The summed E-state index contributed by atoms with van der Waals surface area (Å²) in [6.07, 6.45) is 0. The van der Waals surface area contributed by atoms with Gasteiger partial charge in [0.05, 0.1) is 15.9 Å². The molecule has 96 valence electrons. The first-order chi connectivity index (χ1) is 8.57. The van der Waals surface area contributed by atoms with Crippen molar-refractivity contribution in [2.24, 2.45) is 7.05 Å². The standard InChI is InChI=1S/C12H14ClN3O2/c1-14-6-7-16-11(17)8-4-3-5-9(13)10(8)15(2)12(16)18/h3-5,14H,6-7H2,1-2H3. The van der Waals surface area contributed by atoms with Crippen LogP contribution in [0.3, 0.4) is 0 Å². The van der Waals surface area contributed by atoms with E-state index in [1.807, 2.05) is 0 Å². The molecule has 0 saturated carbocycles. The summed E-state index contributed by atoms with van der Waals surface area (Å²) < 4.78 is 2.63. The lowest BCUT2D eigenvalue weighted by molar-refractivity contribution is 0.580. The van der Waals surface area contributed by atoms with Crippen LogP contribution in [0.25, 0.3) is 10.9 Å². The van der Waals surface area contributed by atoms with Gasteiger partial charge in [-0.05, 0) is 19.2 Å². The molecular formula is C12H14ClN3O2. The summed E-state index contributed by atoms with van der Waals surface area (Å²) >= 11 is 6.04. The Morgan fingerprint density at radius 2 is 2.06 bits per heavy atom. The van der Waals surface area contributed by atoms with Crippen LogP contribution < -0.4 is 16.6 Å². The van der Waals surface area contributed by atoms with Gasteiger partial charge in [-0.25, -0.2) is 4.79 Å². The van der Waals surface area contributed by atoms with E-state index >= 15 is 0 Å². The molecule has 0 bridgehead atoms. The molecule has 18 heavy (non-hydrogen) atoms. The monoisotopic (exact) mass is 267 g/mol. The van der Waals surface area contributed by atoms with Crippen molar-refractivity contribution in [2.75, 3.05) is 13.6 Å². The largest absolute Gasteiger partial charge is 0.331 e. The number of nitrogens with one attached hydrogen (secondary N) is 1. The van der Waals surface area contributed by atoms with Crippen molar-refractivity contribution in [3.05, 3.63) is 44.1 Å². The highest BCUT2D eigenvalue weighted by Gasteiger charge is 2.12. The summed E-state index contributed by atoms with van der Waals surface area (Å²) in [5.41, 5.74) is -0.170. The SMILES string of the molecule is CNCCn1c(=O)c2cccc(Cl)c2n(C)c1=O. The minimum Gasteiger partial charge on any atom is -0.318 e. The number of rotatable bonds is 3. The van der Waals surface area contributed by atoms with Crippen LogP contribution in [0.2, 0.25) is 5.02 Å². The summed E-state index contributed by atoms with van der Waals surface area (Å²) in [6, 6.07) is 5.05. The summed E-state index contributed by atoms with van der Waals surface area (Å²) in [5.74, 6) is 0. The molecule has 2 aromatic rings. The number of likely N-dealkylation sites (N-methyl/N-ethyl adjacent to an activating group) is 1. The molecule has 0 atom stereocenters. The second-order valence-corrected chi connectivity index (χ2v) is 4.45. The van der Waals surface area contributed by atoms with E-state index in [-0.39, 0.29) is 11.2 Å². The molecule has 0 aliphatic carbocycles. The number of nitrogens with zero attached hydrogens (tertiary/aromatic N) is 2. The molecule has 1 heterocycles. The zero-order valence-electron chi connectivity index (χ0n) is 10.2. The number of aromatic nitrogens is 2. The quantitative estimate of drug-likeness (QED) is 0.885. The molecule has 0 spiro atoms. The second-order valence-electron chi connectivity index (χ2n) is 4.04. The van der Waals surface area contributed by atoms with Gasteiger partial charge in [0.1, 0.15) is 0 Å². The van der Waals surface area contributed by atoms with Crippen molar-refractivity contribution >= 4 is 22.5 Å². The van der Waals surface area contributed by atoms with Gasteiger partial charge in [0.25, 0.3) is 5.56 Å². The molecule has 1 aromatic heterocycles. The lowest BCUT2D eigenvalue weighted by Crippen LogP contribution is -2.41. The van der Waals surface area contributed by atoms with Crippen LogP contribution in [0.4, 0.5) is 0 Å². The summed E-state index contributed by atoms with van der Waals surface area (Å²) in [7, 11) is 3.39. The predicted molar refractivity (Wildman–Crippen MR) is 72.4 cm³/mol. The molecule has 0 radical (unpaired) electrons. The number of hydrogen-bond donors (Lipinski definition) is 1.